The van der Waals surface area contributed by atoms with Gasteiger partial charge in [0.1, 0.15) is 12.1 Å². The minimum Gasteiger partial charge on any atom is -0.348 e. The number of carbonyl (C=O) groups is 3. The summed E-state index contributed by atoms with van der Waals surface area (Å²) >= 11 is 0. The smallest absolute Gasteiger partial charge is 0.348 e. The van der Waals surface area contributed by atoms with E-state index in [1.807, 2.05) is 0 Å². The molecule has 1 aliphatic heterocycles. The van der Waals surface area contributed by atoms with Crippen molar-refractivity contribution in [1.29, 1.82) is 0 Å². The number of rotatable bonds is 4. The third-order valence-electron chi connectivity index (χ3n) is 5.35. The van der Waals surface area contributed by atoms with E-state index in [0.717, 1.165) is 36.3 Å². The summed E-state index contributed by atoms with van der Waals surface area (Å²) in [5.74, 6) is -1.01. The van der Waals surface area contributed by atoms with Crippen LogP contribution in [0.25, 0.3) is 0 Å². The molecular weight excluding hydrogens is 375 g/mol. The molecule has 1 saturated carbocycles. The van der Waals surface area contributed by atoms with Gasteiger partial charge in [0.15, 0.2) is 0 Å². The lowest BCUT2D eigenvalue weighted by Crippen LogP contribution is -2.49. The van der Waals surface area contributed by atoms with Crippen molar-refractivity contribution in [3.8, 4) is 0 Å². The van der Waals surface area contributed by atoms with Gasteiger partial charge in [-0.05, 0) is 37.5 Å². The molecule has 1 aliphatic carbocycles. The maximum absolute atomic E-state index is 12.8. The number of halogens is 3. The second-order valence-electron chi connectivity index (χ2n) is 7.38. The molecule has 1 heterocycles. The molecule has 9 heteroatoms. The van der Waals surface area contributed by atoms with Gasteiger partial charge >= 0.3 is 12.2 Å². The first kappa shape index (κ1) is 20.2. The van der Waals surface area contributed by atoms with E-state index in [2.05, 4.69) is 10.6 Å². The van der Waals surface area contributed by atoms with Crippen molar-refractivity contribution in [3.05, 3.63) is 35.4 Å². The highest BCUT2D eigenvalue weighted by atomic mass is 19.4. The molecule has 0 bridgehead atoms. The highest BCUT2D eigenvalue weighted by Gasteiger charge is 2.51. The quantitative estimate of drug-likeness (QED) is 0.767. The van der Waals surface area contributed by atoms with Gasteiger partial charge in [0, 0.05) is 0 Å². The van der Waals surface area contributed by atoms with Crippen molar-refractivity contribution in [1.82, 2.24) is 15.5 Å². The van der Waals surface area contributed by atoms with Gasteiger partial charge in [0.2, 0.25) is 5.91 Å². The topological polar surface area (TPSA) is 78.5 Å². The zero-order valence-electron chi connectivity index (χ0n) is 15.4. The van der Waals surface area contributed by atoms with Crippen LogP contribution in [0.4, 0.5) is 18.0 Å². The number of benzene rings is 1. The Morgan fingerprint density at radius 3 is 2.57 bits per heavy atom. The van der Waals surface area contributed by atoms with Gasteiger partial charge in [-0.3, -0.25) is 14.5 Å². The molecule has 1 aromatic carbocycles. The first-order chi connectivity index (χ1) is 13.1. The van der Waals surface area contributed by atoms with Crippen molar-refractivity contribution in [2.75, 3.05) is 6.54 Å². The van der Waals surface area contributed by atoms with Gasteiger partial charge in [-0.2, -0.15) is 13.2 Å². The number of imide groups is 1. The highest BCUT2D eigenvalue weighted by molar-refractivity contribution is 6.09. The van der Waals surface area contributed by atoms with Crippen LogP contribution in [0.15, 0.2) is 24.3 Å². The van der Waals surface area contributed by atoms with Gasteiger partial charge in [-0.15, -0.1) is 0 Å². The first-order valence-electron chi connectivity index (χ1n) is 9.23. The van der Waals surface area contributed by atoms with Crippen LogP contribution in [0.2, 0.25) is 0 Å². The van der Waals surface area contributed by atoms with Crippen LogP contribution in [0.3, 0.4) is 0 Å². The van der Waals surface area contributed by atoms with Crippen LogP contribution in [-0.4, -0.2) is 34.8 Å². The predicted molar refractivity (Wildman–Crippen MR) is 94.1 cm³/mol. The number of hydrogen-bond acceptors (Lipinski definition) is 3. The average molecular weight is 397 g/mol. The maximum Gasteiger partial charge on any atom is 0.416 e. The standard InChI is InChI=1S/C19H22F3N3O3/c1-12(13-6-5-7-14(10-13)19(20,21)22)23-15(26)11-25-16(27)18(24-17(25)28)8-3-2-4-9-18/h5-7,10,12H,2-4,8-9,11H2,1H3,(H,23,26)(H,24,28). The minimum atomic E-state index is -4.48. The van der Waals surface area contributed by atoms with Crippen LogP contribution in [0.5, 0.6) is 0 Å². The highest BCUT2D eigenvalue weighted by Crippen LogP contribution is 2.34. The summed E-state index contributed by atoms with van der Waals surface area (Å²) in [7, 11) is 0. The molecule has 2 N–H and O–H groups in total. The van der Waals surface area contributed by atoms with Crippen molar-refractivity contribution < 1.29 is 27.6 Å². The Kier molecular flexibility index (Phi) is 5.36. The SMILES string of the molecule is CC(NC(=O)CN1C(=O)NC2(CCCCC2)C1=O)c1cccc(C(F)(F)F)c1. The van der Waals surface area contributed by atoms with E-state index in [0.29, 0.717) is 12.8 Å². The fraction of sp³-hybridized carbons (Fsp3) is 0.526. The number of nitrogens with one attached hydrogen (secondary N) is 2. The minimum absolute atomic E-state index is 0.282. The van der Waals surface area contributed by atoms with Gasteiger partial charge in [0.25, 0.3) is 5.91 Å². The summed E-state index contributed by atoms with van der Waals surface area (Å²) in [6.07, 6.45) is -0.710. The van der Waals surface area contributed by atoms with Crippen LogP contribution in [0, 0.1) is 0 Å². The van der Waals surface area contributed by atoms with Crippen LogP contribution in [0.1, 0.15) is 56.2 Å². The number of alkyl halides is 3. The lowest BCUT2D eigenvalue weighted by Gasteiger charge is -2.30. The Bertz CT molecular complexity index is 788. The number of urea groups is 1. The molecule has 1 saturated heterocycles. The number of carbonyl (C=O) groups excluding carboxylic acids is 3. The summed E-state index contributed by atoms with van der Waals surface area (Å²) in [5, 5.41) is 5.27. The maximum atomic E-state index is 12.8. The van der Waals surface area contributed by atoms with Gasteiger partial charge in [-0.25, -0.2) is 4.79 Å². The van der Waals surface area contributed by atoms with Gasteiger partial charge < -0.3 is 10.6 Å². The zero-order chi connectivity index (χ0) is 20.5. The zero-order valence-corrected chi connectivity index (χ0v) is 15.4. The molecule has 1 aromatic rings. The van der Waals surface area contributed by atoms with E-state index in [1.165, 1.54) is 12.1 Å². The number of nitrogens with zero attached hydrogens (tertiary/aromatic N) is 1. The first-order valence-corrected chi connectivity index (χ1v) is 9.23. The number of amides is 4. The largest absolute Gasteiger partial charge is 0.416 e. The fourth-order valence-electron chi connectivity index (χ4n) is 3.81. The van der Waals surface area contributed by atoms with E-state index in [-0.39, 0.29) is 5.56 Å². The normalized spacial score (nSPS) is 20.2. The molecule has 152 valence electrons. The molecule has 28 heavy (non-hydrogen) atoms. The molecule has 1 unspecified atom stereocenters. The summed E-state index contributed by atoms with van der Waals surface area (Å²) < 4.78 is 38.5. The average Bonchev–Trinajstić information content (AvgIpc) is 2.85. The summed E-state index contributed by atoms with van der Waals surface area (Å²) in [4.78, 5) is 38.1. The van der Waals surface area contributed by atoms with E-state index in [4.69, 9.17) is 0 Å². The predicted octanol–water partition coefficient (Wildman–Crippen LogP) is 3.14. The van der Waals surface area contributed by atoms with Crippen LogP contribution >= 0.6 is 0 Å². The monoisotopic (exact) mass is 397 g/mol. The van der Waals surface area contributed by atoms with Gasteiger partial charge in [0.05, 0.1) is 11.6 Å². The van der Waals surface area contributed by atoms with E-state index in [1.54, 1.807) is 6.92 Å². The van der Waals surface area contributed by atoms with Crippen molar-refractivity contribution in [2.45, 2.75) is 56.8 Å². The Balaban J connectivity index is 1.64. The fourth-order valence-corrected chi connectivity index (χ4v) is 3.81. The molecule has 0 aromatic heterocycles. The molecule has 0 radical (unpaired) electrons. The number of hydrogen-bond donors (Lipinski definition) is 2. The Labute approximate surface area is 160 Å². The van der Waals surface area contributed by atoms with Crippen molar-refractivity contribution >= 4 is 17.8 Å². The van der Waals surface area contributed by atoms with E-state index in [9.17, 15) is 27.6 Å². The molecule has 6 nitrogen and oxygen atoms in total. The third kappa shape index (κ3) is 3.98. The third-order valence-corrected chi connectivity index (χ3v) is 5.35. The Morgan fingerprint density at radius 1 is 1.25 bits per heavy atom. The van der Waals surface area contributed by atoms with Crippen molar-refractivity contribution in [2.24, 2.45) is 0 Å². The molecule has 1 spiro atoms. The van der Waals surface area contributed by atoms with Crippen molar-refractivity contribution in [3.63, 3.8) is 0 Å². The van der Waals surface area contributed by atoms with E-state index >= 15 is 0 Å². The molecule has 4 amide bonds. The summed E-state index contributed by atoms with van der Waals surface area (Å²) in [6.45, 7) is 1.08. The molecular formula is C19H22F3N3O3. The summed E-state index contributed by atoms with van der Waals surface area (Å²) in [5.41, 5.74) is -1.44. The second-order valence-corrected chi connectivity index (χ2v) is 7.38. The second kappa shape index (κ2) is 7.44. The Morgan fingerprint density at radius 2 is 1.93 bits per heavy atom. The van der Waals surface area contributed by atoms with E-state index < -0.39 is 47.7 Å². The lowest BCUT2D eigenvalue weighted by molar-refractivity contribution is -0.137. The molecule has 2 fully saturated rings. The molecule has 3 rings (SSSR count). The van der Waals surface area contributed by atoms with Gasteiger partial charge in [-0.1, -0.05) is 31.4 Å². The van der Waals surface area contributed by atoms with Crippen LogP contribution < -0.4 is 10.6 Å². The van der Waals surface area contributed by atoms with Crippen LogP contribution in [-0.2, 0) is 15.8 Å². The Hall–Kier alpha value is -2.58. The lowest BCUT2D eigenvalue weighted by atomic mass is 9.82. The summed E-state index contributed by atoms with van der Waals surface area (Å²) in [6, 6.07) is 3.36. The molecule has 1 atom stereocenters. The molecule has 2 aliphatic rings.